The minimum absolute atomic E-state index is 0.113. The molecule has 1 amide bonds. The third kappa shape index (κ3) is 6.50. The van der Waals surface area contributed by atoms with Gasteiger partial charge in [-0.3, -0.25) is 9.59 Å². The molecule has 0 bridgehead atoms. The van der Waals surface area contributed by atoms with Gasteiger partial charge in [-0.1, -0.05) is 49.2 Å². The first kappa shape index (κ1) is 29.9. The highest BCUT2D eigenvalue weighted by Crippen LogP contribution is 2.35. The number of sulfone groups is 1. The number of nitrogens with one attached hydrogen (secondary N) is 1. The van der Waals surface area contributed by atoms with Crippen molar-refractivity contribution in [2.24, 2.45) is 12.5 Å². The number of hydrogen-bond donors (Lipinski definition) is 3. The van der Waals surface area contributed by atoms with Gasteiger partial charge in [-0.05, 0) is 42.3 Å². The Kier molecular flexibility index (Phi) is 9.16. The quantitative estimate of drug-likeness (QED) is 0.310. The van der Waals surface area contributed by atoms with Gasteiger partial charge in [0.15, 0.2) is 15.6 Å². The normalized spacial score (nSPS) is 12.9. The van der Waals surface area contributed by atoms with Gasteiger partial charge in [-0.2, -0.15) is 0 Å². The van der Waals surface area contributed by atoms with Gasteiger partial charge in [0.1, 0.15) is 5.69 Å². The SMILES string of the molecule is Cc1cc2c(cc(C(=O)N[C@H](CO)c3ccc(S(=O)(=O)CC(=O)OCC(C)(C)CO)cc3)n2C)c(Cl)c1Cl. The molecule has 3 aromatic rings. The van der Waals surface area contributed by atoms with E-state index in [4.69, 9.17) is 27.9 Å². The van der Waals surface area contributed by atoms with E-state index in [9.17, 15) is 28.2 Å². The Labute approximate surface area is 231 Å². The summed E-state index contributed by atoms with van der Waals surface area (Å²) in [5.41, 5.74) is 1.56. The molecule has 206 valence electrons. The van der Waals surface area contributed by atoms with Gasteiger partial charge in [0.2, 0.25) is 0 Å². The number of halogens is 2. The van der Waals surface area contributed by atoms with Gasteiger partial charge in [0.25, 0.3) is 5.91 Å². The molecule has 3 N–H and O–H groups in total. The lowest BCUT2D eigenvalue weighted by atomic mass is 9.97. The average Bonchev–Trinajstić information content (AvgIpc) is 3.20. The summed E-state index contributed by atoms with van der Waals surface area (Å²) < 4.78 is 32.0. The fraction of sp³-hybridized carbons (Fsp3) is 0.385. The number of nitrogens with zero attached hydrogens (tertiary/aromatic N) is 1. The highest BCUT2D eigenvalue weighted by molar-refractivity contribution is 7.92. The maximum Gasteiger partial charge on any atom is 0.321 e. The lowest BCUT2D eigenvalue weighted by Gasteiger charge is -2.20. The van der Waals surface area contributed by atoms with Crippen molar-refractivity contribution >= 4 is 55.8 Å². The first-order chi connectivity index (χ1) is 17.7. The van der Waals surface area contributed by atoms with Crippen molar-refractivity contribution < 1.29 is 33.0 Å². The largest absolute Gasteiger partial charge is 0.464 e. The van der Waals surface area contributed by atoms with Crippen LogP contribution in [0.15, 0.2) is 41.3 Å². The van der Waals surface area contributed by atoms with E-state index < -0.39 is 45.5 Å². The van der Waals surface area contributed by atoms with Crippen molar-refractivity contribution in [2.75, 3.05) is 25.6 Å². The highest BCUT2D eigenvalue weighted by atomic mass is 35.5. The molecule has 0 aliphatic rings. The monoisotopic (exact) mass is 584 g/mol. The molecule has 1 aromatic heterocycles. The Morgan fingerprint density at radius 3 is 2.32 bits per heavy atom. The zero-order valence-corrected chi connectivity index (χ0v) is 23.7. The molecule has 0 saturated heterocycles. The van der Waals surface area contributed by atoms with Crippen molar-refractivity contribution in [2.45, 2.75) is 31.7 Å². The van der Waals surface area contributed by atoms with E-state index in [2.05, 4.69) is 5.32 Å². The number of aromatic nitrogens is 1. The van der Waals surface area contributed by atoms with Crippen molar-refractivity contribution in [3.8, 4) is 0 Å². The van der Waals surface area contributed by atoms with Crippen LogP contribution in [0, 0.1) is 12.3 Å². The van der Waals surface area contributed by atoms with Crippen molar-refractivity contribution in [1.82, 2.24) is 9.88 Å². The second-order valence-corrected chi connectivity index (χ2v) is 12.6. The number of fused-ring (bicyclic) bond motifs is 1. The van der Waals surface area contributed by atoms with Crippen LogP contribution < -0.4 is 5.32 Å². The first-order valence-electron chi connectivity index (χ1n) is 11.7. The third-order valence-corrected chi connectivity index (χ3v) is 8.71. The number of ether oxygens (including phenoxy) is 1. The molecular weight excluding hydrogens is 555 g/mol. The number of carbonyl (C=O) groups excluding carboxylic acids is 2. The number of benzene rings is 2. The summed E-state index contributed by atoms with van der Waals surface area (Å²) in [7, 11) is -2.28. The lowest BCUT2D eigenvalue weighted by Crippen LogP contribution is -2.32. The predicted octanol–water partition coefficient (Wildman–Crippen LogP) is 3.59. The smallest absolute Gasteiger partial charge is 0.321 e. The Morgan fingerprint density at radius 2 is 1.74 bits per heavy atom. The van der Waals surface area contributed by atoms with Crippen LogP contribution >= 0.6 is 23.2 Å². The molecule has 0 spiro atoms. The molecule has 3 rings (SSSR count). The summed E-state index contributed by atoms with van der Waals surface area (Å²) in [6, 6.07) is 8.11. The maximum absolute atomic E-state index is 13.1. The maximum atomic E-state index is 13.1. The van der Waals surface area contributed by atoms with Gasteiger partial charge in [-0.15, -0.1) is 0 Å². The molecule has 0 unspecified atom stereocenters. The van der Waals surface area contributed by atoms with E-state index in [1.165, 1.54) is 24.3 Å². The number of esters is 1. The van der Waals surface area contributed by atoms with Crippen LogP contribution in [0.25, 0.3) is 10.9 Å². The zero-order chi connectivity index (χ0) is 28.4. The number of rotatable bonds is 10. The van der Waals surface area contributed by atoms with Crippen LogP contribution in [0.3, 0.4) is 0 Å². The van der Waals surface area contributed by atoms with Crippen LogP contribution in [0.4, 0.5) is 0 Å². The number of carbonyl (C=O) groups is 2. The Bertz CT molecular complexity index is 1470. The second kappa shape index (κ2) is 11.6. The van der Waals surface area contributed by atoms with Crippen LogP contribution in [0.1, 0.15) is 41.5 Å². The molecule has 2 aromatic carbocycles. The standard InChI is InChI=1S/C26H30Cl2N2O7S/c1-15-9-20-18(24(28)23(15)27)10-21(30(20)4)25(34)29-19(11-31)16-5-7-17(8-6-16)38(35,36)12-22(33)37-14-26(2,3)13-32/h5-10,19,31-32H,11-14H2,1-4H3,(H,29,34)/t19-/m1/s1. The fourth-order valence-corrected chi connectivity index (χ4v) is 5.29. The van der Waals surface area contributed by atoms with Crippen LogP contribution in [0.2, 0.25) is 10.0 Å². The highest BCUT2D eigenvalue weighted by Gasteiger charge is 2.25. The summed E-state index contributed by atoms with van der Waals surface area (Å²) in [6.45, 7) is 4.38. The molecular formula is C26H30Cl2N2O7S. The predicted molar refractivity (Wildman–Crippen MR) is 145 cm³/mol. The van der Waals surface area contributed by atoms with E-state index >= 15 is 0 Å². The van der Waals surface area contributed by atoms with E-state index in [0.717, 1.165) is 11.1 Å². The molecule has 0 fully saturated rings. The van der Waals surface area contributed by atoms with Gasteiger partial charge in [-0.25, -0.2) is 8.42 Å². The molecule has 1 heterocycles. The molecule has 9 nitrogen and oxygen atoms in total. The molecule has 0 aliphatic carbocycles. The van der Waals surface area contributed by atoms with Gasteiger partial charge in [0, 0.05) is 17.8 Å². The molecule has 12 heteroatoms. The minimum Gasteiger partial charge on any atom is -0.464 e. The van der Waals surface area contributed by atoms with E-state index in [-0.39, 0.29) is 18.1 Å². The molecule has 38 heavy (non-hydrogen) atoms. The Balaban J connectivity index is 1.75. The van der Waals surface area contributed by atoms with Gasteiger partial charge < -0.3 is 24.8 Å². The molecule has 1 atom stereocenters. The van der Waals surface area contributed by atoms with Crippen molar-refractivity contribution in [3.05, 3.63) is 63.3 Å². The summed E-state index contributed by atoms with van der Waals surface area (Å²) in [6.07, 6.45) is 0. The van der Waals surface area contributed by atoms with Gasteiger partial charge >= 0.3 is 5.97 Å². The summed E-state index contributed by atoms with van der Waals surface area (Å²) >= 11 is 12.6. The molecule has 0 saturated carbocycles. The molecule has 0 aliphatic heterocycles. The van der Waals surface area contributed by atoms with E-state index in [0.29, 0.717) is 26.7 Å². The van der Waals surface area contributed by atoms with Crippen molar-refractivity contribution in [3.63, 3.8) is 0 Å². The van der Waals surface area contributed by atoms with Crippen LogP contribution in [-0.2, 0) is 26.4 Å². The Hall–Kier alpha value is -2.63. The number of amides is 1. The minimum atomic E-state index is -3.99. The molecule has 0 radical (unpaired) electrons. The topological polar surface area (TPSA) is 135 Å². The number of aliphatic hydroxyl groups excluding tert-OH is 2. The number of aryl methyl sites for hydroxylation is 2. The first-order valence-corrected chi connectivity index (χ1v) is 14.1. The Morgan fingerprint density at radius 1 is 1.11 bits per heavy atom. The van der Waals surface area contributed by atoms with Crippen molar-refractivity contribution in [1.29, 1.82) is 0 Å². The van der Waals surface area contributed by atoms with Crippen LogP contribution in [-0.4, -0.2) is 60.6 Å². The second-order valence-electron chi connectivity index (χ2n) is 9.86. The van der Waals surface area contributed by atoms with E-state index in [1.54, 1.807) is 31.5 Å². The summed E-state index contributed by atoms with van der Waals surface area (Å²) in [5.74, 6) is -2.26. The number of aliphatic hydroxyl groups is 2. The zero-order valence-electron chi connectivity index (χ0n) is 21.4. The third-order valence-electron chi connectivity index (χ3n) is 6.13. The number of hydrogen-bond acceptors (Lipinski definition) is 7. The summed E-state index contributed by atoms with van der Waals surface area (Å²) in [4.78, 5) is 25.0. The average molecular weight is 586 g/mol. The fourth-order valence-electron chi connectivity index (χ4n) is 3.72. The van der Waals surface area contributed by atoms with Gasteiger partial charge in [0.05, 0.1) is 46.3 Å². The lowest BCUT2D eigenvalue weighted by molar-refractivity contribution is -0.144. The van der Waals surface area contributed by atoms with Crippen LogP contribution in [0.5, 0.6) is 0 Å². The summed E-state index contributed by atoms with van der Waals surface area (Å²) in [5, 5.41) is 23.3. The van der Waals surface area contributed by atoms with E-state index in [1.807, 2.05) is 13.0 Å².